The van der Waals surface area contributed by atoms with E-state index < -0.39 is 0 Å². The quantitative estimate of drug-likeness (QED) is 0.462. The number of rotatable bonds is 4. The number of ether oxygens (including phenoxy) is 2. The van der Waals surface area contributed by atoms with Crippen LogP contribution in [0.15, 0.2) is 12.2 Å². The summed E-state index contributed by atoms with van der Waals surface area (Å²) in [5.74, 6) is -0.653. The van der Waals surface area contributed by atoms with Crippen molar-refractivity contribution in [3.8, 4) is 0 Å². The molecule has 0 aliphatic rings. The lowest BCUT2D eigenvalue weighted by Crippen LogP contribution is -2.00. The van der Waals surface area contributed by atoms with E-state index in [0.29, 0.717) is 0 Å². The summed E-state index contributed by atoms with van der Waals surface area (Å²) >= 11 is 0. The molecule has 0 spiro atoms. The molecular formula is C8H12O4. The van der Waals surface area contributed by atoms with Gasteiger partial charge in [-0.1, -0.05) is 0 Å². The van der Waals surface area contributed by atoms with Crippen molar-refractivity contribution in [3.63, 3.8) is 0 Å². The molecule has 0 bridgehead atoms. The Morgan fingerprint density at radius 3 is 1.58 bits per heavy atom. The lowest BCUT2D eigenvalue weighted by atomic mass is 10.5. The van der Waals surface area contributed by atoms with E-state index in [1.54, 1.807) is 12.2 Å². The third kappa shape index (κ3) is 8.68. The highest BCUT2D eigenvalue weighted by Gasteiger charge is 1.88. The third-order valence-electron chi connectivity index (χ3n) is 0.932. The maximum Gasteiger partial charge on any atom is 0.302 e. The first kappa shape index (κ1) is 10.7. The Balaban J connectivity index is 3.26. The Kier molecular flexibility index (Phi) is 5.69. The predicted molar refractivity (Wildman–Crippen MR) is 42.4 cm³/mol. The fourth-order valence-corrected chi connectivity index (χ4v) is 0.467. The number of esters is 2. The normalized spacial score (nSPS) is 9.83. The van der Waals surface area contributed by atoms with E-state index in [1.165, 1.54) is 13.8 Å². The summed E-state index contributed by atoms with van der Waals surface area (Å²) in [4.78, 5) is 20.5. The minimum atomic E-state index is -0.327. The van der Waals surface area contributed by atoms with E-state index in [9.17, 15) is 9.59 Å². The van der Waals surface area contributed by atoms with Gasteiger partial charge < -0.3 is 9.47 Å². The maximum atomic E-state index is 10.2. The third-order valence-corrected chi connectivity index (χ3v) is 0.932. The monoisotopic (exact) mass is 172 g/mol. The van der Waals surface area contributed by atoms with Crippen LogP contribution in [0.3, 0.4) is 0 Å². The highest BCUT2D eigenvalue weighted by Crippen LogP contribution is 1.81. The molecule has 4 nitrogen and oxygen atoms in total. The molecule has 68 valence electrons. The molecule has 0 aliphatic carbocycles. The fraction of sp³-hybridized carbons (Fsp3) is 0.500. The smallest absolute Gasteiger partial charge is 0.302 e. The molecule has 12 heavy (non-hydrogen) atoms. The van der Waals surface area contributed by atoms with Crippen LogP contribution in [0.1, 0.15) is 13.8 Å². The number of carbonyl (C=O) groups excluding carboxylic acids is 2. The number of hydrogen-bond acceptors (Lipinski definition) is 4. The zero-order valence-electron chi connectivity index (χ0n) is 7.20. The van der Waals surface area contributed by atoms with Gasteiger partial charge in [-0.3, -0.25) is 9.59 Å². The van der Waals surface area contributed by atoms with Crippen LogP contribution in [-0.2, 0) is 19.1 Å². The maximum absolute atomic E-state index is 10.2. The first-order valence-electron chi connectivity index (χ1n) is 3.54. The van der Waals surface area contributed by atoms with Crippen LogP contribution in [-0.4, -0.2) is 25.2 Å². The molecule has 0 aromatic rings. The van der Waals surface area contributed by atoms with Crippen molar-refractivity contribution < 1.29 is 19.1 Å². The first-order valence-corrected chi connectivity index (χ1v) is 3.54. The van der Waals surface area contributed by atoms with Gasteiger partial charge >= 0.3 is 11.9 Å². The van der Waals surface area contributed by atoms with Crippen molar-refractivity contribution in [2.24, 2.45) is 0 Å². The summed E-state index contributed by atoms with van der Waals surface area (Å²) in [6, 6.07) is 0. The van der Waals surface area contributed by atoms with Crippen molar-refractivity contribution in [3.05, 3.63) is 12.2 Å². The topological polar surface area (TPSA) is 52.6 Å². The number of carbonyl (C=O) groups is 2. The van der Waals surface area contributed by atoms with Gasteiger partial charge in [-0.2, -0.15) is 0 Å². The Morgan fingerprint density at radius 2 is 1.33 bits per heavy atom. The van der Waals surface area contributed by atoms with Gasteiger partial charge in [0.1, 0.15) is 13.2 Å². The molecule has 0 unspecified atom stereocenters. The summed E-state index contributed by atoms with van der Waals surface area (Å²) < 4.78 is 9.17. The standard InChI is InChI=1S/C8H12O4/c1-7(9)11-5-3-4-6-12-8(2)10/h3-4H,5-6H2,1-2H3/b4-3+. The molecule has 0 aliphatic heterocycles. The van der Waals surface area contributed by atoms with Gasteiger partial charge in [0.2, 0.25) is 0 Å². The van der Waals surface area contributed by atoms with E-state index in [2.05, 4.69) is 9.47 Å². The van der Waals surface area contributed by atoms with Gasteiger partial charge in [0.25, 0.3) is 0 Å². The van der Waals surface area contributed by atoms with Gasteiger partial charge in [-0.25, -0.2) is 0 Å². The second kappa shape index (κ2) is 6.39. The molecule has 0 amide bonds. The largest absolute Gasteiger partial charge is 0.462 e. The highest BCUT2D eigenvalue weighted by molar-refractivity contribution is 5.66. The molecule has 0 aromatic carbocycles. The second-order valence-corrected chi connectivity index (χ2v) is 2.08. The van der Waals surface area contributed by atoms with Crippen molar-refractivity contribution in [2.45, 2.75) is 13.8 Å². The minimum Gasteiger partial charge on any atom is -0.462 e. The second-order valence-electron chi connectivity index (χ2n) is 2.08. The average Bonchev–Trinajstić information content (AvgIpc) is 1.95. The van der Waals surface area contributed by atoms with E-state index in [-0.39, 0.29) is 25.2 Å². The summed E-state index contributed by atoms with van der Waals surface area (Å²) in [5.41, 5.74) is 0. The molecule has 0 atom stereocenters. The molecule has 0 rings (SSSR count). The Hall–Kier alpha value is -1.32. The van der Waals surface area contributed by atoms with Crippen LogP contribution in [0.5, 0.6) is 0 Å². The van der Waals surface area contributed by atoms with Crippen LogP contribution in [0.2, 0.25) is 0 Å². The predicted octanol–water partition coefficient (Wildman–Crippen LogP) is 0.669. The molecule has 0 N–H and O–H groups in total. The molecule has 0 heterocycles. The van der Waals surface area contributed by atoms with Crippen molar-refractivity contribution >= 4 is 11.9 Å². The van der Waals surface area contributed by atoms with Crippen LogP contribution in [0.25, 0.3) is 0 Å². The zero-order chi connectivity index (χ0) is 9.40. The van der Waals surface area contributed by atoms with Gasteiger partial charge in [0.05, 0.1) is 0 Å². The van der Waals surface area contributed by atoms with Crippen LogP contribution < -0.4 is 0 Å². The van der Waals surface area contributed by atoms with Crippen molar-refractivity contribution in [1.82, 2.24) is 0 Å². The molecule has 4 heteroatoms. The average molecular weight is 172 g/mol. The highest BCUT2D eigenvalue weighted by atomic mass is 16.5. The Morgan fingerprint density at radius 1 is 1.00 bits per heavy atom. The van der Waals surface area contributed by atoms with E-state index in [1.807, 2.05) is 0 Å². The van der Waals surface area contributed by atoms with E-state index in [0.717, 1.165) is 0 Å². The summed E-state index contributed by atoms with van der Waals surface area (Å²) in [7, 11) is 0. The molecule has 0 fully saturated rings. The lowest BCUT2D eigenvalue weighted by Gasteiger charge is -1.96. The van der Waals surface area contributed by atoms with Crippen molar-refractivity contribution in [1.29, 1.82) is 0 Å². The number of hydrogen-bond donors (Lipinski definition) is 0. The molecule has 0 saturated heterocycles. The zero-order valence-corrected chi connectivity index (χ0v) is 7.20. The van der Waals surface area contributed by atoms with Gasteiger partial charge in [0, 0.05) is 13.8 Å². The van der Waals surface area contributed by atoms with Crippen LogP contribution >= 0.6 is 0 Å². The van der Waals surface area contributed by atoms with Gasteiger partial charge in [-0.05, 0) is 12.2 Å². The van der Waals surface area contributed by atoms with Gasteiger partial charge in [0.15, 0.2) is 0 Å². The SMILES string of the molecule is CC(=O)OC/C=C/COC(C)=O. The lowest BCUT2D eigenvalue weighted by molar-refractivity contribution is -0.141. The summed E-state index contributed by atoms with van der Waals surface area (Å²) in [6.45, 7) is 3.10. The molecule has 0 radical (unpaired) electrons. The van der Waals surface area contributed by atoms with Gasteiger partial charge in [-0.15, -0.1) is 0 Å². The summed E-state index contributed by atoms with van der Waals surface area (Å²) in [5, 5.41) is 0. The van der Waals surface area contributed by atoms with Crippen LogP contribution in [0, 0.1) is 0 Å². The van der Waals surface area contributed by atoms with Crippen molar-refractivity contribution in [2.75, 3.05) is 13.2 Å². The van der Waals surface area contributed by atoms with E-state index >= 15 is 0 Å². The molecule has 0 saturated carbocycles. The molecular weight excluding hydrogens is 160 g/mol. The Bertz CT molecular complexity index is 163. The summed E-state index contributed by atoms with van der Waals surface area (Å²) in [6.07, 6.45) is 3.23. The minimum absolute atomic E-state index is 0.219. The fourth-order valence-electron chi connectivity index (χ4n) is 0.467. The van der Waals surface area contributed by atoms with Crippen LogP contribution in [0.4, 0.5) is 0 Å². The Labute approximate surface area is 71.2 Å². The molecule has 0 aromatic heterocycles. The first-order chi connectivity index (χ1) is 5.63. The van der Waals surface area contributed by atoms with E-state index in [4.69, 9.17) is 0 Å².